The molecule has 30 heavy (non-hydrogen) atoms. The standard InChI is InChI=1S/C21H26FN3O4S/c1-15-4-6-18(12-16(15)2)30(27,28)24(3)14-21(26)23-17-5-7-20(19(22)13-17)25-8-10-29-11-9-25/h4-7,12-13H,8-11,14H2,1-3H3,(H,23,26). The summed E-state index contributed by atoms with van der Waals surface area (Å²) >= 11 is 0. The number of rotatable bonds is 6. The molecule has 162 valence electrons. The van der Waals surface area contributed by atoms with Crippen molar-refractivity contribution in [1.29, 1.82) is 0 Å². The molecule has 3 rings (SSSR count). The van der Waals surface area contributed by atoms with Crippen LogP contribution in [0.25, 0.3) is 0 Å². The van der Waals surface area contributed by atoms with Gasteiger partial charge in [-0.05, 0) is 55.3 Å². The lowest BCUT2D eigenvalue weighted by Gasteiger charge is -2.29. The fourth-order valence-electron chi connectivity index (χ4n) is 3.19. The van der Waals surface area contributed by atoms with E-state index in [2.05, 4.69) is 5.32 Å². The Morgan fingerprint density at radius 3 is 2.47 bits per heavy atom. The molecule has 0 unspecified atom stereocenters. The van der Waals surface area contributed by atoms with Crippen molar-refractivity contribution >= 4 is 27.3 Å². The molecule has 0 radical (unpaired) electrons. The summed E-state index contributed by atoms with van der Waals surface area (Å²) in [6.07, 6.45) is 0. The first kappa shape index (κ1) is 22.2. The highest BCUT2D eigenvalue weighted by Gasteiger charge is 2.23. The number of nitrogens with zero attached hydrogens (tertiary/aromatic N) is 2. The zero-order valence-electron chi connectivity index (χ0n) is 17.3. The molecule has 0 saturated carbocycles. The molecule has 7 nitrogen and oxygen atoms in total. The van der Waals surface area contributed by atoms with Gasteiger partial charge in [-0.15, -0.1) is 0 Å². The number of hydrogen-bond acceptors (Lipinski definition) is 5. The van der Waals surface area contributed by atoms with Crippen molar-refractivity contribution in [3.8, 4) is 0 Å². The SMILES string of the molecule is Cc1ccc(S(=O)(=O)N(C)CC(=O)Nc2ccc(N3CCOCC3)c(F)c2)cc1C. The number of hydrogen-bond donors (Lipinski definition) is 1. The highest BCUT2D eigenvalue weighted by molar-refractivity contribution is 7.89. The van der Waals surface area contributed by atoms with E-state index in [1.165, 1.54) is 19.2 Å². The number of aryl methyl sites for hydroxylation is 2. The fraction of sp³-hybridized carbons (Fsp3) is 0.381. The topological polar surface area (TPSA) is 79.0 Å². The molecule has 1 aliphatic heterocycles. The lowest BCUT2D eigenvalue weighted by atomic mass is 10.1. The van der Waals surface area contributed by atoms with Crippen LogP contribution in [0.5, 0.6) is 0 Å². The minimum absolute atomic E-state index is 0.127. The van der Waals surface area contributed by atoms with Crippen LogP contribution in [0, 0.1) is 19.7 Å². The van der Waals surface area contributed by atoms with Gasteiger partial charge in [-0.3, -0.25) is 4.79 Å². The molecule has 1 N–H and O–H groups in total. The van der Waals surface area contributed by atoms with Gasteiger partial charge in [0, 0.05) is 25.8 Å². The van der Waals surface area contributed by atoms with Crippen molar-refractivity contribution in [3.63, 3.8) is 0 Å². The second kappa shape index (κ2) is 9.11. The number of sulfonamides is 1. The summed E-state index contributed by atoms with van der Waals surface area (Å²) in [5.74, 6) is -1.01. The minimum Gasteiger partial charge on any atom is -0.378 e. The van der Waals surface area contributed by atoms with E-state index in [0.717, 1.165) is 15.4 Å². The van der Waals surface area contributed by atoms with E-state index in [1.54, 1.807) is 24.3 Å². The maximum atomic E-state index is 14.5. The highest BCUT2D eigenvalue weighted by Crippen LogP contribution is 2.24. The smallest absolute Gasteiger partial charge is 0.243 e. The Labute approximate surface area is 176 Å². The van der Waals surface area contributed by atoms with Crippen LogP contribution in [0.4, 0.5) is 15.8 Å². The Hall–Kier alpha value is -2.49. The summed E-state index contributed by atoms with van der Waals surface area (Å²) in [5, 5.41) is 2.56. The van der Waals surface area contributed by atoms with Gasteiger partial charge < -0.3 is 15.0 Å². The van der Waals surface area contributed by atoms with E-state index < -0.39 is 21.7 Å². The van der Waals surface area contributed by atoms with Gasteiger partial charge in [0.2, 0.25) is 15.9 Å². The van der Waals surface area contributed by atoms with E-state index in [9.17, 15) is 17.6 Å². The predicted molar refractivity (Wildman–Crippen MR) is 114 cm³/mol. The van der Waals surface area contributed by atoms with Gasteiger partial charge in [-0.25, -0.2) is 12.8 Å². The van der Waals surface area contributed by atoms with Crippen molar-refractivity contribution < 1.29 is 22.3 Å². The normalized spacial score (nSPS) is 14.8. The zero-order valence-corrected chi connectivity index (χ0v) is 18.1. The molecular weight excluding hydrogens is 409 g/mol. The molecule has 1 fully saturated rings. The lowest BCUT2D eigenvalue weighted by molar-refractivity contribution is -0.116. The van der Waals surface area contributed by atoms with Crippen molar-refractivity contribution in [3.05, 3.63) is 53.3 Å². The van der Waals surface area contributed by atoms with E-state index in [4.69, 9.17) is 4.74 Å². The number of amides is 1. The van der Waals surface area contributed by atoms with Gasteiger partial charge in [0.05, 0.1) is 30.3 Å². The maximum Gasteiger partial charge on any atom is 0.243 e. The zero-order chi connectivity index (χ0) is 21.9. The first-order chi connectivity index (χ1) is 14.2. The molecular formula is C21H26FN3O4S. The van der Waals surface area contributed by atoms with Gasteiger partial charge in [0.25, 0.3) is 0 Å². The Bertz CT molecular complexity index is 1040. The first-order valence-electron chi connectivity index (χ1n) is 9.64. The molecule has 0 aromatic heterocycles. The number of carbonyl (C=O) groups is 1. The van der Waals surface area contributed by atoms with Crippen molar-refractivity contribution in [2.45, 2.75) is 18.7 Å². The predicted octanol–water partition coefficient (Wildman–Crippen LogP) is 2.54. The Balaban J connectivity index is 1.65. The van der Waals surface area contributed by atoms with E-state index in [1.807, 2.05) is 18.7 Å². The van der Waals surface area contributed by atoms with Crippen LogP contribution in [0.1, 0.15) is 11.1 Å². The van der Waals surface area contributed by atoms with Gasteiger partial charge in [-0.2, -0.15) is 4.31 Å². The fourth-order valence-corrected chi connectivity index (χ4v) is 4.40. The van der Waals surface area contributed by atoms with Crippen molar-refractivity contribution in [1.82, 2.24) is 4.31 Å². The number of morpholine rings is 1. The highest BCUT2D eigenvalue weighted by atomic mass is 32.2. The average molecular weight is 436 g/mol. The summed E-state index contributed by atoms with van der Waals surface area (Å²) in [5.41, 5.74) is 2.55. The molecule has 9 heteroatoms. The third-order valence-electron chi connectivity index (χ3n) is 5.14. The Morgan fingerprint density at radius 1 is 1.13 bits per heavy atom. The van der Waals surface area contributed by atoms with Crippen LogP contribution < -0.4 is 10.2 Å². The largest absolute Gasteiger partial charge is 0.378 e. The van der Waals surface area contributed by atoms with Crippen LogP contribution in [0.3, 0.4) is 0 Å². The number of nitrogens with one attached hydrogen (secondary N) is 1. The van der Waals surface area contributed by atoms with E-state index >= 15 is 0 Å². The molecule has 0 spiro atoms. The summed E-state index contributed by atoms with van der Waals surface area (Å²) in [6.45, 7) is 5.62. The molecule has 1 amide bonds. The third-order valence-corrected chi connectivity index (χ3v) is 6.94. The summed E-state index contributed by atoms with van der Waals surface area (Å²) in [7, 11) is -2.48. The molecule has 1 heterocycles. The van der Waals surface area contributed by atoms with Gasteiger partial charge in [-0.1, -0.05) is 6.07 Å². The van der Waals surface area contributed by atoms with Gasteiger partial charge in [0.1, 0.15) is 5.82 Å². The average Bonchev–Trinajstić information content (AvgIpc) is 2.70. The summed E-state index contributed by atoms with van der Waals surface area (Å²) in [4.78, 5) is 14.4. The molecule has 0 aliphatic carbocycles. The number of ether oxygens (including phenoxy) is 1. The van der Waals surface area contributed by atoms with E-state index in [0.29, 0.717) is 32.0 Å². The van der Waals surface area contributed by atoms with Gasteiger partial charge in [0.15, 0.2) is 0 Å². The van der Waals surface area contributed by atoms with E-state index in [-0.39, 0.29) is 17.1 Å². The monoisotopic (exact) mass is 435 g/mol. The molecule has 2 aromatic rings. The number of likely N-dealkylation sites (N-methyl/N-ethyl adjacent to an activating group) is 1. The van der Waals surface area contributed by atoms with Gasteiger partial charge >= 0.3 is 0 Å². The van der Waals surface area contributed by atoms with Crippen LogP contribution in [-0.2, 0) is 19.6 Å². The Kier molecular flexibility index (Phi) is 6.74. The molecule has 0 bridgehead atoms. The number of anilines is 2. The minimum atomic E-state index is -3.82. The number of benzene rings is 2. The second-order valence-electron chi connectivity index (χ2n) is 7.32. The Morgan fingerprint density at radius 2 is 1.83 bits per heavy atom. The van der Waals surface area contributed by atoms with Crippen LogP contribution >= 0.6 is 0 Å². The molecule has 2 aromatic carbocycles. The van der Waals surface area contributed by atoms with Crippen molar-refractivity contribution in [2.24, 2.45) is 0 Å². The second-order valence-corrected chi connectivity index (χ2v) is 9.37. The third kappa shape index (κ3) is 4.97. The van der Waals surface area contributed by atoms with Crippen LogP contribution in [-0.4, -0.2) is 58.5 Å². The van der Waals surface area contributed by atoms with Crippen LogP contribution in [0.2, 0.25) is 0 Å². The lowest BCUT2D eigenvalue weighted by Crippen LogP contribution is -2.36. The quantitative estimate of drug-likeness (QED) is 0.755. The summed E-state index contributed by atoms with van der Waals surface area (Å²) in [6, 6.07) is 9.27. The van der Waals surface area contributed by atoms with Crippen molar-refractivity contribution in [2.75, 3.05) is 50.1 Å². The summed E-state index contributed by atoms with van der Waals surface area (Å²) < 4.78 is 46.2. The van der Waals surface area contributed by atoms with Crippen LogP contribution in [0.15, 0.2) is 41.3 Å². The molecule has 0 atom stereocenters. The molecule has 1 saturated heterocycles. The maximum absolute atomic E-state index is 14.5. The number of carbonyl (C=O) groups excluding carboxylic acids is 1. The first-order valence-corrected chi connectivity index (χ1v) is 11.1. The number of halogens is 1. The molecule has 1 aliphatic rings.